The molecule has 19 heavy (non-hydrogen) atoms. The average Bonchev–Trinajstić information content (AvgIpc) is 2.27. The van der Waals surface area contributed by atoms with Gasteiger partial charge in [-0.25, -0.2) is 0 Å². The zero-order valence-corrected chi connectivity index (χ0v) is 11.6. The summed E-state index contributed by atoms with van der Waals surface area (Å²) in [5, 5.41) is 11.7. The highest BCUT2D eigenvalue weighted by molar-refractivity contribution is 6.32. The zero-order valence-electron chi connectivity index (χ0n) is 10.9. The van der Waals surface area contributed by atoms with E-state index in [9.17, 15) is 9.59 Å². The quantitative estimate of drug-likeness (QED) is 0.899. The fourth-order valence-corrected chi connectivity index (χ4v) is 2.00. The smallest absolute Gasteiger partial charge is 0.224 e. The third kappa shape index (κ3) is 5.11. The molecule has 0 heterocycles. The number of hydrogen-bond donors (Lipinski definition) is 1. The molecule has 5 heteroatoms. The van der Waals surface area contributed by atoms with Crippen molar-refractivity contribution in [3.8, 4) is 6.07 Å². The van der Waals surface area contributed by atoms with Gasteiger partial charge in [0.1, 0.15) is 11.9 Å². The predicted molar refractivity (Wildman–Crippen MR) is 73.9 cm³/mol. The first kappa shape index (κ1) is 15.2. The molecule has 0 saturated heterocycles. The Morgan fingerprint density at radius 1 is 1.42 bits per heavy atom. The van der Waals surface area contributed by atoms with Crippen LogP contribution in [0.15, 0.2) is 18.2 Å². The van der Waals surface area contributed by atoms with Crippen LogP contribution in [0.1, 0.15) is 32.3 Å². The largest absolute Gasteiger partial charge is 0.326 e. The molecule has 0 saturated carbocycles. The van der Waals surface area contributed by atoms with E-state index in [-0.39, 0.29) is 24.0 Å². The first-order chi connectivity index (χ1) is 8.92. The highest BCUT2D eigenvalue weighted by Crippen LogP contribution is 2.20. The van der Waals surface area contributed by atoms with E-state index in [4.69, 9.17) is 16.9 Å². The number of carbonyl (C=O) groups is 2. The van der Waals surface area contributed by atoms with E-state index in [2.05, 4.69) is 5.32 Å². The van der Waals surface area contributed by atoms with E-state index in [1.165, 1.54) is 13.0 Å². The first-order valence-electron chi connectivity index (χ1n) is 5.91. The van der Waals surface area contributed by atoms with Crippen molar-refractivity contribution in [1.29, 1.82) is 5.26 Å². The number of anilines is 1. The highest BCUT2D eigenvalue weighted by Gasteiger charge is 2.11. The molecule has 1 aromatic carbocycles. The number of rotatable bonds is 5. The second-order valence-corrected chi connectivity index (χ2v) is 4.98. The van der Waals surface area contributed by atoms with Gasteiger partial charge < -0.3 is 10.1 Å². The van der Waals surface area contributed by atoms with Gasteiger partial charge in [-0.05, 0) is 31.0 Å². The second-order valence-electron chi connectivity index (χ2n) is 4.57. The summed E-state index contributed by atoms with van der Waals surface area (Å²) in [5.74, 6) is -0.0948. The van der Waals surface area contributed by atoms with E-state index < -0.39 is 0 Å². The van der Waals surface area contributed by atoms with Gasteiger partial charge in [0, 0.05) is 18.5 Å². The van der Waals surface area contributed by atoms with Gasteiger partial charge in [0.05, 0.1) is 10.6 Å². The molecule has 1 N–H and O–H groups in total. The van der Waals surface area contributed by atoms with Crippen LogP contribution in [0.4, 0.5) is 5.69 Å². The van der Waals surface area contributed by atoms with Crippen molar-refractivity contribution in [3.63, 3.8) is 0 Å². The Balaban J connectivity index is 2.60. The van der Waals surface area contributed by atoms with E-state index in [0.717, 1.165) is 0 Å². The molecule has 100 valence electrons. The molecular weight excluding hydrogens is 264 g/mol. The van der Waals surface area contributed by atoms with Crippen LogP contribution in [0.5, 0.6) is 0 Å². The number of Topliss-reactive ketones (excluding diaryl/α,β-unsaturated/α-hetero) is 1. The summed E-state index contributed by atoms with van der Waals surface area (Å²) in [6, 6.07) is 6.66. The van der Waals surface area contributed by atoms with E-state index in [1.807, 2.05) is 13.0 Å². The number of ketones is 1. The molecule has 1 unspecified atom stereocenters. The standard InChI is InChI=1S/C14H15ClN2O2/c1-9(5-10(2)18)6-14(19)17-12-4-3-11(8-16)13(15)7-12/h3-4,7,9H,5-6H2,1-2H3,(H,17,19). The lowest BCUT2D eigenvalue weighted by atomic mass is 10.0. The molecule has 1 atom stereocenters. The normalized spacial score (nSPS) is 11.5. The summed E-state index contributed by atoms with van der Waals surface area (Å²) in [6.07, 6.45) is 0.665. The summed E-state index contributed by atoms with van der Waals surface area (Å²) < 4.78 is 0. The fraction of sp³-hybridized carbons (Fsp3) is 0.357. The number of carbonyl (C=O) groups excluding carboxylic acids is 2. The van der Waals surface area contributed by atoms with Crippen molar-refractivity contribution in [2.75, 3.05) is 5.32 Å². The van der Waals surface area contributed by atoms with Gasteiger partial charge in [-0.2, -0.15) is 5.26 Å². The Kier molecular flexibility index (Phi) is 5.53. The fourth-order valence-electron chi connectivity index (χ4n) is 1.77. The lowest BCUT2D eigenvalue weighted by molar-refractivity contribution is -0.119. The van der Waals surface area contributed by atoms with Gasteiger partial charge in [0.15, 0.2) is 0 Å². The van der Waals surface area contributed by atoms with E-state index in [0.29, 0.717) is 22.7 Å². The number of nitrogens with zero attached hydrogens (tertiary/aromatic N) is 1. The number of amides is 1. The maximum absolute atomic E-state index is 11.7. The monoisotopic (exact) mass is 278 g/mol. The maximum atomic E-state index is 11.7. The summed E-state index contributed by atoms with van der Waals surface area (Å²) in [4.78, 5) is 22.7. The minimum atomic E-state index is -0.172. The van der Waals surface area contributed by atoms with Crippen molar-refractivity contribution in [3.05, 3.63) is 28.8 Å². The van der Waals surface area contributed by atoms with Gasteiger partial charge in [0.25, 0.3) is 0 Å². The summed E-state index contributed by atoms with van der Waals surface area (Å²) in [6.45, 7) is 3.36. The van der Waals surface area contributed by atoms with Gasteiger partial charge in [-0.15, -0.1) is 0 Å². The third-order valence-electron chi connectivity index (χ3n) is 2.54. The molecule has 0 bridgehead atoms. The Morgan fingerprint density at radius 3 is 2.63 bits per heavy atom. The molecular formula is C14H15ClN2O2. The van der Waals surface area contributed by atoms with E-state index >= 15 is 0 Å². The van der Waals surface area contributed by atoms with E-state index in [1.54, 1.807) is 12.1 Å². The van der Waals surface area contributed by atoms with Crippen molar-refractivity contribution in [1.82, 2.24) is 0 Å². The van der Waals surface area contributed by atoms with Crippen LogP contribution >= 0.6 is 11.6 Å². The van der Waals surface area contributed by atoms with Crippen molar-refractivity contribution < 1.29 is 9.59 Å². The lowest BCUT2D eigenvalue weighted by Crippen LogP contribution is -2.16. The van der Waals surface area contributed by atoms with Crippen LogP contribution in [0.25, 0.3) is 0 Å². The molecule has 0 aromatic heterocycles. The molecule has 4 nitrogen and oxygen atoms in total. The van der Waals surface area contributed by atoms with Crippen LogP contribution < -0.4 is 5.32 Å². The number of nitrogens with one attached hydrogen (secondary N) is 1. The topological polar surface area (TPSA) is 70.0 Å². The Labute approximate surface area is 117 Å². The zero-order chi connectivity index (χ0) is 14.4. The molecule has 1 rings (SSSR count). The molecule has 0 spiro atoms. The van der Waals surface area contributed by atoms with Gasteiger partial charge >= 0.3 is 0 Å². The Morgan fingerprint density at radius 2 is 2.11 bits per heavy atom. The number of hydrogen-bond acceptors (Lipinski definition) is 3. The third-order valence-corrected chi connectivity index (χ3v) is 2.86. The minimum Gasteiger partial charge on any atom is -0.326 e. The Bertz CT molecular complexity index is 535. The summed E-state index contributed by atoms with van der Waals surface area (Å²) >= 11 is 5.87. The predicted octanol–water partition coefficient (Wildman–Crippen LogP) is 3.16. The van der Waals surface area contributed by atoms with Crippen LogP contribution in [-0.4, -0.2) is 11.7 Å². The number of nitriles is 1. The molecule has 0 fully saturated rings. The van der Waals surface area contributed by atoms with Crippen LogP contribution in [0.3, 0.4) is 0 Å². The summed E-state index contributed by atoms with van der Waals surface area (Å²) in [5.41, 5.74) is 0.911. The van der Waals surface area contributed by atoms with Gasteiger partial charge in [-0.3, -0.25) is 4.79 Å². The van der Waals surface area contributed by atoms with Crippen LogP contribution in [0, 0.1) is 17.2 Å². The number of benzene rings is 1. The molecule has 1 amide bonds. The molecule has 0 aliphatic carbocycles. The van der Waals surface area contributed by atoms with Crippen LogP contribution in [0.2, 0.25) is 5.02 Å². The minimum absolute atomic E-state index is 0.00588. The Hall–Kier alpha value is -1.86. The van der Waals surface area contributed by atoms with Gasteiger partial charge in [0.2, 0.25) is 5.91 Å². The van der Waals surface area contributed by atoms with Gasteiger partial charge in [-0.1, -0.05) is 18.5 Å². The maximum Gasteiger partial charge on any atom is 0.224 e. The molecule has 0 radical (unpaired) electrons. The highest BCUT2D eigenvalue weighted by atomic mass is 35.5. The summed E-state index contributed by atoms with van der Waals surface area (Å²) in [7, 11) is 0. The number of halogens is 1. The lowest BCUT2D eigenvalue weighted by Gasteiger charge is -2.10. The molecule has 0 aliphatic heterocycles. The van der Waals surface area contributed by atoms with Crippen LogP contribution in [-0.2, 0) is 9.59 Å². The molecule has 1 aromatic rings. The SMILES string of the molecule is CC(=O)CC(C)CC(=O)Nc1ccc(C#N)c(Cl)c1. The first-order valence-corrected chi connectivity index (χ1v) is 6.29. The second kappa shape index (κ2) is 6.91. The van der Waals surface area contributed by atoms with Crippen molar-refractivity contribution in [2.24, 2.45) is 5.92 Å². The molecule has 0 aliphatic rings. The average molecular weight is 279 g/mol. The van der Waals surface area contributed by atoms with Crippen molar-refractivity contribution >= 4 is 29.0 Å². The van der Waals surface area contributed by atoms with Crippen molar-refractivity contribution in [2.45, 2.75) is 26.7 Å².